The van der Waals surface area contributed by atoms with E-state index in [-0.39, 0.29) is 5.92 Å². The van der Waals surface area contributed by atoms with Gasteiger partial charge in [-0.05, 0) is 36.6 Å². The van der Waals surface area contributed by atoms with Crippen molar-refractivity contribution in [2.45, 2.75) is 12.8 Å². The van der Waals surface area contributed by atoms with Gasteiger partial charge in [-0.25, -0.2) is 0 Å². The van der Waals surface area contributed by atoms with Crippen LogP contribution in [0.5, 0.6) is 11.5 Å². The number of methoxy groups -OCH3 is 1. The molecule has 2 aromatic rings. The molecule has 3 rings (SSSR count). The van der Waals surface area contributed by atoms with Gasteiger partial charge in [0.05, 0.1) is 25.0 Å². The average Bonchev–Trinajstić information content (AvgIpc) is 2.54. The van der Waals surface area contributed by atoms with Crippen molar-refractivity contribution in [2.75, 3.05) is 13.7 Å². The van der Waals surface area contributed by atoms with E-state index in [1.54, 1.807) is 25.4 Å². The number of aromatic nitrogens is 1. The zero-order valence-corrected chi connectivity index (χ0v) is 12.4. The average molecular weight is 298 g/mol. The molecule has 2 N–H and O–H groups in total. The fourth-order valence-corrected chi connectivity index (χ4v) is 2.85. The lowest BCUT2D eigenvalue weighted by atomic mass is 9.91. The molecule has 0 aliphatic carbocycles. The number of rotatable bonds is 4. The van der Waals surface area contributed by atoms with E-state index in [9.17, 15) is 4.79 Å². The molecule has 0 spiro atoms. The number of primary amides is 1. The number of carbonyl (C=O) groups excluding carboxylic acids is 1. The van der Waals surface area contributed by atoms with Crippen LogP contribution in [0.25, 0.3) is 0 Å². The standard InChI is InChI=1S/C17H18N2O3/c1-21-15-6-2-4-12-8-11(10-22-16(12)15)9-14-13(17(18)20)5-3-7-19-14/h2-7,11H,8-10H2,1H3,(H2,18,20). The predicted octanol–water partition coefficient (Wildman–Crippen LogP) is 1.98. The van der Waals surface area contributed by atoms with E-state index in [1.165, 1.54) is 0 Å². The molecule has 1 amide bonds. The van der Waals surface area contributed by atoms with E-state index in [1.807, 2.05) is 18.2 Å². The van der Waals surface area contributed by atoms with Crippen molar-refractivity contribution >= 4 is 5.91 Å². The van der Waals surface area contributed by atoms with E-state index in [0.717, 1.165) is 29.2 Å². The fourth-order valence-electron chi connectivity index (χ4n) is 2.85. The minimum atomic E-state index is -0.443. The van der Waals surface area contributed by atoms with Crippen molar-refractivity contribution in [3.05, 3.63) is 53.3 Å². The first kappa shape index (κ1) is 14.4. The highest BCUT2D eigenvalue weighted by atomic mass is 16.5. The molecular weight excluding hydrogens is 280 g/mol. The molecule has 0 fully saturated rings. The lowest BCUT2D eigenvalue weighted by molar-refractivity contribution is 0.0998. The second-order valence-electron chi connectivity index (χ2n) is 5.40. The Kier molecular flexibility index (Phi) is 3.96. The minimum absolute atomic E-state index is 0.257. The van der Waals surface area contributed by atoms with Crippen LogP contribution in [0, 0.1) is 5.92 Å². The molecule has 2 heterocycles. The minimum Gasteiger partial charge on any atom is -0.493 e. The number of benzene rings is 1. The van der Waals surface area contributed by atoms with Crippen LogP contribution in [0.1, 0.15) is 21.6 Å². The zero-order valence-electron chi connectivity index (χ0n) is 12.4. The summed E-state index contributed by atoms with van der Waals surface area (Å²) in [5, 5.41) is 0. The van der Waals surface area contributed by atoms with Crippen LogP contribution in [0.4, 0.5) is 0 Å². The molecule has 0 bridgehead atoms. The highest BCUT2D eigenvalue weighted by Crippen LogP contribution is 2.36. The van der Waals surface area contributed by atoms with Crippen molar-refractivity contribution in [2.24, 2.45) is 11.7 Å². The molecule has 0 radical (unpaired) electrons. The smallest absolute Gasteiger partial charge is 0.250 e. The summed E-state index contributed by atoms with van der Waals surface area (Å²) >= 11 is 0. The maximum Gasteiger partial charge on any atom is 0.250 e. The first-order valence-corrected chi connectivity index (χ1v) is 7.21. The number of para-hydroxylation sites is 1. The number of nitrogens with zero attached hydrogens (tertiary/aromatic N) is 1. The quantitative estimate of drug-likeness (QED) is 0.936. The van der Waals surface area contributed by atoms with Crippen LogP contribution in [0.2, 0.25) is 0 Å². The molecule has 1 aromatic carbocycles. The topological polar surface area (TPSA) is 74.4 Å². The van der Waals surface area contributed by atoms with Crippen LogP contribution in [0.15, 0.2) is 36.5 Å². The molecule has 1 aliphatic rings. The highest BCUT2D eigenvalue weighted by Gasteiger charge is 2.24. The van der Waals surface area contributed by atoms with Gasteiger partial charge in [0.15, 0.2) is 11.5 Å². The van der Waals surface area contributed by atoms with E-state index in [2.05, 4.69) is 4.98 Å². The molecule has 1 atom stereocenters. The Bertz CT molecular complexity index is 700. The van der Waals surface area contributed by atoms with Crippen molar-refractivity contribution in [3.63, 3.8) is 0 Å². The second kappa shape index (κ2) is 6.05. The molecule has 5 heteroatoms. The Labute approximate surface area is 129 Å². The van der Waals surface area contributed by atoms with E-state index >= 15 is 0 Å². The summed E-state index contributed by atoms with van der Waals surface area (Å²) in [6.45, 7) is 0.572. The number of hydrogen-bond acceptors (Lipinski definition) is 4. The number of hydrogen-bond donors (Lipinski definition) is 1. The van der Waals surface area contributed by atoms with Crippen molar-refractivity contribution in [3.8, 4) is 11.5 Å². The molecule has 1 aromatic heterocycles. The van der Waals surface area contributed by atoms with Crippen molar-refractivity contribution in [1.29, 1.82) is 0 Å². The summed E-state index contributed by atoms with van der Waals surface area (Å²) in [6.07, 6.45) is 3.21. The first-order valence-electron chi connectivity index (χ1n) is 7.21. The lowest BCUT2D eigenvalue weighted by Crippen LogP contribution is -2.25. The molecule has 0 saturated carbocycles. The van der Waals surface area contributed by atoms with Crippen LogP contribution in [-0.4, -0.2) is 24.6 Å². The molecule has 1 unspecified atom stereocenters. The number of ether oxygens (including phenoxy) is 2. The fraction of sp³-hybridized carbons (Fsp3) is 0.294. The summed E-state index contributed by atoms with van der Waals surface area (Å²) in [5.74, 6) is 1.39. The molecular formula is C17H18N2O3. The summed E-state index contributed by atoms with van der Waals surface area (Å²) in [5.41, 5.74) is 7.74. The van der Waals surface area contributed by atoms with Gasteiger partial charge in [-0.3, -0.25) is 9.78 Å². The maximum absolute atomic E-state index is 11.5. The van der Waals surface area contributed by atoms with E-state index in [4.69, 9.17) is 15.2 Å². The Morgan fingerprint density at radius 1 is 1.41 bits per heavy atom. The summed E-state index contributed by atoms with van der Waals surface area (Å²) < 4.78 is 11.2. The Balaban J connectivity index is 1.80. The lowest BCUT2D eigenvalue weighted by Gasteiger charge is -2.26. The zero-order chi connectivity index (χ0) is 15.5. The SMILES string of the molecule is COc1cccc2c1OCC(Cc1ncccc1C(N)=O)C2. The van der Waals surface area contributed by atoms with Gasteiger partial charge in [0.25, 0.3) is 5.91 Å². The normalized spacial score (nSPS) is 16.5. The van der Waals surface area contributed by atoms with Gasteiger partial charge in [-0.15, -0.1) is 0 Å². The van der Waals surface area contributed by atoms with Crippen molar-refractivity contribution in [1.82, 2.24) is 4.98 Å². The Morgan fingerprint density at radius 2 is 2.27 bits per heavy atom. The van der Waals surface area contributed by atoms with E-state index < -0.39 is 5.91 Å². The van der Waals surface area contributed by atoms with Crippen LogP contribution in [-0.2, 0) is 12.8 Å². The third-order valence-corrected chi connectivity index (χ3v) is 3.89. The number of carbonyl (C=O) groups is 1. The summed E-state index contributed by atoms with van der Waals surface area (Å²) in [4.78, 5) is 15.8. The summed E-state index contributed by atoms with van der Waals surface area (Å²) in [6, 6.07) is 9.33. The predicted molar refractivity (Wildman–Crippen MR) is 82.1 cm³/mol. The third-order valence-electron chi connectivity index (χ3n) is 3.89. The first-order chi connectivity index (χ1) is 10.7. The van der Waals surface area contributed by atoms with Gasteiger partial charge >= 0.3 is 0 Å². The molecule has 0 saturated heterocycles. The summed E-state index contributed by atoms with van der Waals surface area (Å²) in [7, 11) is 1.64. The van der Waals surface area contributed by atoms with E-state index in [0.29, 0.717) is 18.6 Å². The van der Waals surface area contributed by atoms with Crippen molar-refractivity contribution < 1.29 is 14.3 Å². The molecule has 5 nitrogen and oxygen atoms in total. The Morgan fingerprint density at radius 3 is 3.05 bits per heavy atom. The van der Waals surface area contributed by atoms with Gasteiger partial charge in [-0.1, -0.05) is 12.1 Å². The monoisotopic (exact) mass is 298 g/mol. The van der Waals surface area contributed by atoms with Gasteiger partial charge in [-0.2, -0.15) is 0 Å². The highest BCUT2D eigenvalue weighted by molar-refractivity contribution is 5.93. The number of nitrogens with two attached hydrogens (primary N) is 1. The van der Waals surface area contributed by atoms with Crippen LogP contribution >= 0.6 is 0 Å². The van der Waals surface area contributed by atoms with Gasteiger partial charge in [0.1, 0.15) is 0 Å². The molecule has 114 valence electrons. The van der Waals surface area contributed by atoms with Gasteiger partial charge < -0.3 is 15.2 Å². The van der Waals surface area contributed by atoms with Gasteiger partial charge in [0, 0.05) is 12.1 Å². The van der Waals surface area contributed by atoms with Crippen LogP contribution in [0.3, 0.4) is 0 Å². The molecule has 1 aliphatic heterocycles. The number of fused-ring (bicyclic) bond motifs is 1. The number of pyridine rings is 1. The maximum atomic E-state index is 11.5. The Hall–Kier alpha value is -2.56. The third kappa shape index (κ3) is 2.74. The number of amides is 1. The largest absolute Gasteiger partial charge is 0.493 e. The molecule has 22 heavy (non-hydrogen) atoms. The second-order valence-corrected chi connectivity index (χ2v) is 5.40. The van der Waals surface area contributed by atoms with Crippen LogP contribution < -0.4 is 15.2 Å². The van der Waals surface area contributed by atoms with Gasteiger partial charge in [0.2, 0.25) is 0 Å².